The van der Waals surface area contributed by atoms with Gasteiger partial charge in [-0.15, -0.1) is 0 Å². The molecule has 0 bridgehead atoms. The number of aromatic nitrogens is 2. The van der Waals surface area contributed by atoms with Crippen molar-refractivity contribution >= 4 is 10.0 Å². The van der Waals surface area contributed by atoms with E-state index in [9.17, 15) is 17.9 Å². The largest absolute Gasteiger partial charge is 0.381 e. The molecule has 1 aromatic rings. The number of primary sulfonamides is 1. The summed E-state index contributed by atoms with van der Waals surface area (Å²) in [5, 5.41) is 14.5. The highest BCUT2D eigenvalue weighted by Crippen LogP contribution is 2.17. The molecular formula is C7H10FN3O3S. The average molecular weight is 235 g/mol. The average Bonchev–Trinajstić information content (AvgIpc) is 2.00. The van der Waals surface area contributed by atoms with E-state index in [1.165, 1.54) is 6.92 Å². The first-order valence-corrected chi connectivity index (χ1v) is 5.63. The summed E-state index contributed by atoms with van der Waals surface area (Å²) >= 11 is 0. The molecule has 0 unspecified atom stereocenters. The number of nitrogens with zero attached hydrogens (tertiary/aromatic N) is 2. The Morgan fingerprint density at radius 1 is 1.53 bits per heavy atom. The molecule has 0 fully saturated rings. The van der Waals surface area contributed by atoms with Crippen molar-refractivity contribution in [2.45, 2.75) is 12.5 Å². The molecule has 8 heteroatoms. The summed E-state index contributed by atoms with van der Waals surface area (Å²) in [6.07, 6.45) is 1.67. The lowest BCUT2D eigenvalue weighted by Crippen LogP contribution is -2.36. The molecule has 84 valence electrons. The second-order valence-electron chi connectivity index (χ2n) is 3.31. The first-order valence-electron chi connectivity index (χ1n) is 3.91. The number of nitrogens with two attached hydrogens (primary N) is 1. The Balaban J connectivity index is 3.00. The fourth-order valence-corrected chi connectivity index (χ4v) is 1.96. The smallest absolute Gasteiger partial charge is 0.212 e. The summed E-state index contributed by atoms with van der Waals surface area (Å²) < 4.78 is 34.0. The van der Waals surface area contributed by atoms with Gasteiger partial charge in [0.25, 0.3) is 0 Å². The third-order valence-electron chi connectivity index (χ3n) is 1.58. The van der Waals surface area contributed by atoms with Crippen LogP contribution in [0.2, 0.25) is 0 Å². The minimum absolute atomic E-state index is 0.196. The minimum Gasteiger partial charge on any atom is -0.381 e. The minimum atomic E-state index is -3.86. The molecule has 0 saturated carbocycles. The van der Waals surface area contributed by atoms with Crippen LogP contribution in [-0.2, 0) is 15.6 Å². The van der Waals surface area contributed by atoms with Gasteiger partial charge in [0.1, 0.15) is 5.60 Å². The van der Waals surface area contributed by atoms with Gasteiger partial charge in [-0.05, 0) is 6.92 Å². The Morgan fingerprint density at radius 2 is 2.00 bits per heavy atom. The Kier molecular flexibility index (Phi) is 3.03. The first-order chi connectivity index (χ1) is 6.71. The van der Waals surface area contributed by atoms with E-state index < -0.39 is 27.2 Å². The topological polar surface area (TPSA) is 106 Å². The van der Waals surface area contributed by atoms with E-state index >= 15 is 0 Å². The van der Waals surface area contributed by atoms with E-state index in [0.717, 1.165) is 12.4 Å². The summed E-state index contributed by atoms with van der Waals surface area (Å²) in [5.74, 6) is -1.60. The molecule has 1 rings (SSSR count). The second-order valence-corrected chi connectivity index (χ2v) is 4.92. The third kappa shape index (κ3) is 3.50. The lowest BCUT2D eigenvalue weighted by atomic mass is 10.1. The predicted octanol–water partition coefficient (Wildman–Crippen LogP) is -0.888. The molecule has 0 aliphatic rings. The van der Waals surface area contributed by atoms with E-state index in [4.69, 9.17) is 5.14 Å². The molecule has 0 radical (unpaired) electrons. The highest BCUT2D eigenvalue weighted by atomic mass is 32.2. The summed E-state index contributed by atoms with van der Waals surface area (Å²) in [7, 11) is -3.86. The zero-order valence-electron chi connectivity index (χ0n) is 7.88. The SMILES string of the molecule is C[C@](O)(CS(N)(=O)=O)c1ncc(F)cn1. The van der Waals surface area contributed by atoms with E-state index in [-0.39, 0.29) is 5.82 Å². The number of halogens is 1. The monoisotopic (exact) mass is 235 g/mol. The van der Waals surface area contributed by atoms with Crippen molar-refractivity contribution < 1.29 is 17.9 Å². The summed E-state index contributed by atoms with van der Waals surface area (Å²) in [5.41, 5.74) is -1.83. The second kappa shape index (κ2) is 3.80. The van der Waals surface area contributed by atoms with Gasteiger partial charge in [0.15, 0.2) is 11.6 Å². The van der Waals surface area contributed by atoms with Crippen LogP contribution in [-0.4, -0.2) is 29.2 Å². The Hall–Kier alpha value is -1.12. The van der Waals surface area contributed by atoms with Crippen LogP contribution in [0.5, 0.6) is 0 Å². The van der Waals surface area contributed by atoms with Crippen LogP contribution in [0.15, 0.2) is 12.4 Å². The molecule has 1 heterocycles. The van der Waals surface area contributed by atoms with E-state index in [1.54, 1.807) is 0 Å². The van der Waals surface area contributed by atoms with Gasteiger partial charge in [-0.2, -0.15) is 0 Å². The summed E-state index contributed by atoms with van der Waals surface area (Å²) in [6.45, 7) is 1.19. The number of hydrogen-bond acceptors (Lipinski definition) is 5. The van der Waals surface area contributed by atoms with Gasteiger partial charge in [0.2, 0.25) is 10.0 Å². The van der Waals surface area contributed by atoms with E-state index in [2.05, 4.69) is 9.97 Å². The summed E-state index contributed by atoms with van der Waals surface area (Å²) in [6, 6.07) is 0. The highest BCUT2D eigenvalue weighted by molar-refractivity contribution is 7.89. The number of aliphatic hydroxyl groups is 1. The molecule has 15 heavy (non-hydrogen) atoms. The van der Waals surface area contributed by atoms with Gasteiger partial charge in [-0.1, -0.05) is 0 Å². The van der Waals surface area contributed by atoms with Gasteiger partial charge in [0, 0.05) is 0 Å². The van der Waals surface area contributed by atoms with Crippen LogP contribution in [0.1, 0.15) is 12.7 Å². The van der Waals surface area contributed by atoms with Crippen LogP contribution in [0.4, 0.5) is 4.39 Å². The van der Waals surface area contributed by atoms with Gasteiger partial charge in [-0.3, -0.25) is 0 Å². The maximum atomic E-state index is 12.5. The number of hydrogen-bond donors (Lipinski definition) is 2. The normalized spacial score (nSPS) is 16.0. The van der Waals surface area contributed by atoms with Gasteiger partial charge in [-0.25, -0.2) is 27.9 Å². The lowest BCUT2D eigenvalue weighted by Gasteiger charge is -2.19. The number of sulfonamides is 1. The Morgan fingerprint density at radius 3 is 2.40 bits per heavy atom. The van der Waals surface area contributed by atoms with Gasteiger partial charge in [0.05, 0.1) is 18.1 Å². The maximum absolute atomic E-state index is 12.5. The molecule has 0 saturated heterocycles. The number of rotatable bonds is 3. The Bertz CT molecular complexity index is 443. The van der Waals surface area contributed by atoms with Crippen LogP contribution < -0.4 is 5.14 Å². The predicted molar refractivity (Wildman–Crippen MR) is 49.5 cm³/mol. The third-order valence-corrected chi connectivity index (χ3v) is 2.55. The Labute approximate surface area is 86.0 Å². The zero-order chi connectivity index (χ0) is 11.7. The molecule has 0 aliphatic heterocycles. The zero-order valence-corrected chi connectivity index (χ0v) is 8.70. The van der Waals surface area contributed by atoms with Crippen molar-refractivity contribution in [2.24, 2.45) is 5.14 Å². The lowest BCUT2D eigenvalue weighted by molar-refractivity contribution is 0.0718. The molecule has 0 aliphatic carbocycles. The van der Waals surface area contributed by atoms with Gasteiger partial charge < -0.3 is 5.11 Å². The molecule has 1 aromatic heterocycles. The van der Waals surface area contributed by atoms with Crippen molar-refractivity contribution in [3.05, 3.63) is 24.0 Å². The van der Waals surface area contributed by atoms with Crippen LogP contribution in [0, 0.1) is 5.82 Å². The summed E-state index contributed by atoms with van der Waals surface area (Å²) in [4.78, 5) is 6.96. The van der Waals surface area contributed by atoms with E-state index in [1.807, 2.05) is 0 Å². The van der Waals surface area contributed by atoms with Crippen molar-refractivity contribution in [3.63, 3.8) is 0 Å². The maximum Gasteiger partial charge on any atom is 0.212 e. The molecule has 0 amide bonds. The molecule has 6 nitrogen and oxygen atoms in total. The molecule has 0 aromatic carbocycles. The van der Waals surface area contributed by atoms with Crippen LogP contribution in [0.25, 0.3) is 0 Å². The van der Waals surface area contributed by atoms with Crippen molar-refractivity contribution in [1.82, 2.24) is 9.97 Å². The van der Waals surface area contributed by atoms with E-state index in [0.29, 0.717) is 0 Å². The van der Waals surface area contributed by atoms with Crippen LogP contribution >= 0.6 is 0 Å². The standard InChI is InChI=1S/C7H10FN3O3S/c1-7(12,4-15(9,13)14)6-10-2-5(8)3-11-6/h2-3,12H,4H2,1H3,(H2,9,13,14)/t7-/m0/s1. The first kappa shape index (κ1) is 12.0. The van der Waals surface area contributed by atoms with Crippen molar-refractivity contribution in [1.29, 1.82) is 0 Å². The van der Waals surface area contributed by atoms with Crippen LogP contribution in [0.3, 0.4) is 0 Å². The molecular weight excluding hydrogens is 225 g/mol. The highest BCUT2D eigenvalue weighted by Gasteiger charge is 2.31. The molecule has 3 N–H and O–H groups in total. The van der Waals surface area contributed by atoms with Crippen molar-refractivity contribution in [3.8, 4) is 0 Å². The van der Waals surface area contributed by atoms with Gasteiger partial charge >= 0.3 is 0 Å². The fraction of sp³-hybridized carbons (Fsp3) is 0.429. The fourth-order valence-electron chi connectivity index (χ4n) is 1.05. The molecule has 0 spiro atoms. The van der Waals surface area contributed by atoms with Crippen molar-refractivity contribution in [2.75, 3.05) is 5.75 Å². The molecule has 1 atom stereocenters. The quantitative estimate of drug-likeness (QED) is 0.707.